The van der Waals surface area contributed by atoms with Crippen molar-refractivity contribution in [3.63, 3.8) is 0 Å². The Morgan fingerprint density at radius 1 is 1.00 bits per heavy atom. The highest BCUT2D eigenvalue weighted by atomic mass is 32.1. The number of carbonyl (C=O) groups is 2. The van der Waals surface area contributed by atoms with Crippen LogP contribution in [-0.4, -0.2) is 40.8 Å². The predicted molar refractivity (Wildman–Crippen MR) is 137 cm³/mol. The van der Waals surface area contributed by atoms with Gasteiger partial charge in [0.05, 0.1) is 4.88 Å². The molecule has 6 heteroatoms. The molecule has 1 atom stereocenters. The number of likely N-dealkylation sites (tertiary alicyclic amines) is 1. The number of aromatic amines is 1. The summed E-state index contributed by atoms with van der Waals surface area (Å²) in [5, 5.41) is 6.00. The number of H-pyrrole nitrogens is 1. The van der Waals surface area contributed by atoms with E-state index in [9.17, 15) is 9.59 Å². The van der Waals surface area contributed by atoms with E-state index in [1.165, 1.54) is 16.9 Å². The maximum absolute atomic E-state index is 13.6. The van der Waals surface area contributed by atoms with Gasteiger partial charge in [-0.25, -0.2) is 0 Å². The smallest absolute Gasteiger partial charge is 0.262 e. The van der Waals surface area contributed by atoms with E-state index < -0.39 is 6.04 Å². The molecule has 2 N–H and O–H groups in total. The number of hydrogen-bond donors (Lipinski definition) is 2. The van der Waals surface area contributed by atoms with Crippen LogP contribution in [0.5, 0.6) is 0 Å². The van der Waals surface area contributed by atoms with Crippen LogP contribution in [0.1, 0.15) is 33.6 Å². The molecule has 4 aromatic rings. The molecule has 2 aromatic carbocycles. The molecule has 1 unspecified atom stereocenters. The minimum absolute atomic E-state index is 0.00773. The van der Waals surface area contributed by atoms with Gasteiger partial charge in [-0.15, -0.1) is 11.3 Å². The lowest BCUT2D eigenvalue weighted by atomic mass is 9.90. The minimum atomic E-state index is -0.598. The Labute approximate surface area is 203 Å². The highest BCUT2D eigenvalue weighted by molar-refractivity contribution is 7.12. The number of thiophene rings is 1. The lowest BCUT2D eigenvalue weighted by Crippen LogP contribution is -2.51. The van der Waals surface area contributed by atoms with Crippen LogP contribution < -0.4 is 5.32 Å². The summed E-state index contributed by atoms with van der Waals surface area (Å²) in [5.74, 6) is 0.403. The van der Waals surface area contributed by atoms with E-state index in [-0.39, 0.29) is 11.8 Å². The normalized spacial score (nSPS) is 15.4. The van der Waals surface area contributed by atoms with Crippen LogP contribution in [0.25, 0.3) is 10.9 Å². The van der Waals surface area contributed by atoms with E-state index in [1.807, 2.05) is 46.8 Å². The van der Waals surface area contributed by atoms with E-state index >= 15 is 0 Å². The highest BCUT2D eigenvalue weighted by Crippen LogP contribution is 2.24. The molecule has 34 heavy (non-hydrogen) atoms. The minimum Gasteiger partial charge on any atom is -0.361 e. The molecule has 3 heterocycles. The van der Waals surface area contributed by atoms with Crippen LogP contribution in [0.15, 0.2) is 78.3 Å². The van der Waals surface area contributed by atoms with E-state index in [0.29, 0.717) is 17.2 Å². The Balaban J connectivity index is 1.29. The highest BCUT2D eigenvalue weighted by Gasteiger charge is 2.30. The largest absolute Gasteiger partial charge is 0.361 e. The lowest BCUT2D eigenvalue weighted by Gasteiger charge is -2.34. The molecule has 174 valence electrons. The van der Waals surface area contributed by atoms with Crippen molar-refractivity contribution in [3.05, 3.63) is 94.3 Å². The van der Waals surface area contributed by atoms with Gasteiger partial charge in [-0.05, 0) is 53.8 Å². The second-order valence-electron chi connectivity index (χ2n) is 9.03. The van der Waals surface area contributed by atoms with Crippen molar-refractivity contribution in [3.8, 4) is 0 Å². The predicted octanol–water partition coefficient (Wildman–Crippen LogP) is 5.05. The zero-order chi connectivity index (χ0) is 23.3. The first-order valence-corrected chi connectivity index (χ1v) is 12.8. The van der Waals surface area contributed by atoms with Crippen molar-refractivity contribution < 1.29 is 9.59 Å². The molecule has 0 spiro atoms. The first-order chi connectivity index (χ1) is 16.7. The van der Waals surface area contributed by atoms with Crippen molar-refractivity contribution in [2.45, 2.75) is 31.7 Å². The molecular formula is C28H29N3O2S. The molecule has 5 rings (SSSR count). The maximum Gasteiger partial charge on any atom is 0.262 e. The van der Waals surface area contributed by atoms with Gasteiger partial charge in [-0.2, -0.15) is 0 Å². The molecule has 5 nitrogen and oxygen atoms in total. The zero-order valence-corrected chi connectivity index (χ0v) is 19.9. The zero-order valence-electron chi connectivity index (χ0n) is 19.1. The molecule has 1 aliphatic heterocycles. The third-order valence-electron chi connectivity index (χ3n) is 6.74. The van der Waals surface area contributed by atoms with Gasteiger partial charge in [0.15, 0.2) is 0 Å². The van der Waals surface area contributed by atoms with Gasteiger partial charge in [0.2, 0.25) is 5.91 Å². The molecule has 1 fully saturated rings. The van der Waals surface area contributed by atoms with Crippen LogP contribution in [0.3, 0.4) is 0 Å². The maximum atomic E-state index is 13.6. The topological polar surface area (TPSA) is 65.2 Å². The second-order valence-corrected chi connectivity index (χ2v) is 9.97. The van der Waals surface area contributed by atoms with Crippen molar-refractivity contribution in [2.75, 3.05) is 13.1 Å². The summed E-state index contributed by atoms with van der Waals surface area (Å²) >= 11 is 1.39. The molecule has 0 aliphatic carbocycles. The fraction of sp³-hybridized carbons (Fsp3) is 0.286. The molecule has 2 aromatic heterocycles. The van der Waals surface area contributed by atoms with E-state index in [1.54, 1.807) is 6.07 Å². The molecular weight excluding hydrogens is 442 g/mol. The van der Waals surface area contributed by atoms with E-state index in [2.05, 4.69) is 40.6 Å². The second kappa shape index (κ2) is 10.3. The molecule has 0 saturated carbocycles. The van der Waals surface area contributed by atoms with Crippen molar-refractivity contribution in [2.24, 2.45) is 5.92 Å². The van der Waals surface area contributed by atoms with Crippen LogP contribution in [0, 0.1) is 5.92 Å². The number of nitrogens with one attached hydrogen (secondary N) is 2. The summed E-state index contributed by atoms with van der Waals surface area (Å²) in [7, 11) is 0. The van der Waals surface area contributed by atoms with Crippen LogP contribution in [0.4, 0.5) is 0 Å². The molecule has 1 aliphatic rings. The van der Waals surface area contributed by atoms with Gasteiger partial charge in [0.1, 0.15) is 6.04 Å². The number of aromatic nitrogens is 1. The molecule has 2 amide bonds. The van der Waals surface area contributed by atoms with Gasteiger partial charge in [-0.1, -0.05) is 54.6 Å². The summed E-state index contributed by atoms with van der Waals surface area (Å²) in [4.78, 5) is 32.4. The quantitative estimate of drug-likeness (QED) is 0.396. The summed E-state index contributed by atoms with van der Waals surface area (Å²) in [6, 6.07) is 21.7. The monoisotopic (exact) mass is 471 g/mol. The van der Waals surface area contributed by atoms with Crippen LogP contribution in [0.2, 0.25) is 0 Å². The fourth-order valence-electron chi connectivity index (χ4n) is 4.88. The van der Waals surface area contributed by atoms with Crippen molar-refractivity contribution >= 4 is 34.1 Å². The van der Waals surface area contributed by atoms with Crippen molar-refractivity contribution in [1.29, 1.82) is 0 Å². The number of amides is 2. The average molecular weight is 472 g/mol. The Bertz CT molecular complexity index is 1240. The Morgan fingerprint density at radius 2 is 1.76 bits per heavy atom. The Hall–Kier alpha value is -3.38. The SMILES string of the molecule is O=C(NC(Cc1c[nH]c2ccccc12)C(=O)N1CCC(Cc2ccccc2)CC1)c1cccs1. The van der Waals surface area contributed by atoms with Gasteiger partial charge < -0.3 is 15.2 Å². The van der Waals surface area contributed by atoms with Gasteiger partial charge in [0.25, 0.3) is 5.91 Å². The summed E-state index contributed by atoms with van der Waals surface area (Å²) < 4.78 is 0. The van der Waals surface area contributed by atoms with Gasteiger partial charge >= 0.3 is 0 Å². The number of piperidine rings is 1. The summed E-state index contributed by atoms with van der Waals surface area (Å²) in [5.41, 5.74) is 3.43. The number of hydrogen-bond acceptors (Lipinski definition) is 3. The van der Waals surface area contributed by atoms with E-state index in [0.717, 1.165) is 48.8 Å². The first-order valence-electron chi connectivity index (χ1n) is 11.9. The number of benzene rings is 2. The Morgan fingerprint density at radius 3 is 2.53 bits per heavy atom. The van der Waals surface area contributed by atoms with Gasteiger partial charge in [-0.3, -0.25) is 9.59 Å². The fourth-order valence-corrected chi connectivity index (χ4v) is 5.51. The lowest BCUT2D eigenvalue weighted by molar-refractivity contribution is -0.134. The van der Waals surface area contributed by atoms with Crippen molar-refractivity contribution in [1.82, 2.24) is 15.2 Å². The van der Waals surface area contributed by atoms with Crippen LogP contribution >= 0.6 is 11.3 Å². The molecule has 0 radical (unpaired) electrons. The van der Waals surface area contributed by atoms with Gasteiger partial charge in [0, 0.05) is 36.6 Å². The number of carbonyl (C=O) groups excluding carboxylic acids is 2. The summed E-state index contributed by atoms with van der Waals surface area (Å²) in [6.45, 7) is 1.46. The van der Waals surface area contributed by atoms with Crippen LogP contribution in [-0.2, 0) is 17.6 Å². The number of nitrogens with zero attached hydrogens (tertiary/aromatic N) is 1. The first kappa shape index (κ1) is 22.4. The third kappa shape index (κ3) is 5.07. The third-order valence-corrected chi connectivity index (χ3v) is 7.61. The number of para-hydroxylation sites is 1. The average Bonchev–Trinajstić information content (AvgIpc) is 3.55. The number of fused-ring (bicyclic) bond motifs is 1. The van der Waals surface area contributed by atoms with E-state index in [4.69, 9.17) is 0 Å². The standard InChI is InChI=1S/C28H29N3O2S/c32-27(26-11-6-16-34-26)30-25(18-22-19-29-24-10-5-4-9-23(22)24)28(33)31-14-12-21(13-15-31)17-20-7-2-1-3-8-20/h1-11,16,19,21,25,29H,12-15,17-18H2,(H,30,32). The summed E-state index contributed by atoms with van der Waals surface area (Å²) in [6.07, 6.45) is 5.44. The molecule has 0 bridgehead atoms. The Kier molecular flexibility index (Phi) is 6.77. The molecule has 1 saturated heterocycles. The number of rotatable bonds is 7.